The summed E-state index contributed by atoms with van der Waals surface area (Å²) in [6, 6.07) is 0. The predicted molar refractivity (Wildman–Crippen MR) is 63.1 cm³/mol. The van der Waals surface area contributed by atoms with Gasteiger partial charge in [0.25, 0.3) is 0 Å². The first-order chi connectivity index (χ1) is 9.31. The molecule has 0 aromatic carbocycles. The molecule has 0 aliphatic carbocycles. The fourth-order valence-corrected chi connectivity index (χ4v) is 0.644. The second kappa shape index (κ2) is 124. The van der Waals surface area contributed by atoms with Crippen LogP contribution in [0.4, 0.5) is 0 Å². The van der Waals surface area contributed by atoms with E-state index in [0.717, 1.165) is 26.1 Å². The van der Waals surface area contributed by atoms with Gasteiger partial charge in [-0.05, 0) is 26.6 Å². The topological polar surface area (TPSA) is 168 Å². The summed E-state index contributed by atoms with van der Waals surface area (Å²) in [7, 11) is 1.98. The van der Waals surface area contributed by atoms with Crippen molar-refractivity contribution in [3.63, 3.8) is 0 Å². The molecule has 0 bridgehead atoms. The van der Waals surface area contributed by atoms with E-state index in [1.165, 1.54) is 0 Å². The van der Waals surface area contributed by atoms with Crippen LogP contribution in [-0.4, -0.2) is 43.3 Å². The second-order valence-corrected chi connectivity index (χ2v) is 2.17. The van der Waals surface area contributed by atoms with Crippen molar-refractivity contribution in [1.82, 2.24) is 4.90 Å². The van der Waals surface area contributed by atoms with E-state index in [1.54, 1.807) is 0 Å². The maximum absolute atomic E-state index is 8.46. The molecule has 0 unspecified atom stereocenters. The number of aliphatic hydroxyl groups is 1. The van der Waals surface area contributed by atoms with Gasteiger partial charge in [-0.2, -0.15) is 0 Å². The summed E-state index contributed by atoms with van der Waals surface area (Å²) in [5.74, 6) is 0. The molecule has 0 rings (SSSR count). The van der Waals surface area contributed by atoms with Crippen LogP contribution in [0.25, 0.3) is 0 Å². The van der Waals surface area contributed by atoms with Gasteiger partial charge in [-0.3, -0.25) is 0 Å². The molecular formula is C11H16FeN7O. The van der Waals surface area contributed by atoms with E-state index in [0.29, 0.717) is 0 Å². The van der Waals surface area contributed by atoms with Crippen LogP contribution in [0.15, 0.2) is 0 Å². The molecule has 1 radical (unpaired) electrons. The molecular weight excluding hydrogens is 302 g/mol. The predicted octanol–water partition coefficient (Wildman–Crippen LogP) is -0.261. The summed E-state index contributed by atoms with van der Waals surface area (Å²) >= 11 is 0. The smallest absolute Gasteiger partial charge is 0.512 e. The molecule has 8 nitrogen and oxygen atoms in total. The van der Waals surface area contributed by atoms with Gasteiger partial charge in [0.2, 0.25) is 0 Å². The first kappa shape index (κ1) is 43.1. The van der Waals surface area contributed by atoms with Crippen molar-refractivity contribution in [3.05, 3.63) is 32.9 Å². The van der Waals surface area contributed by atoms with Gasteiger partial charge in [0.05, 0.1) is 6.61 Å². The number of nitrogens with zero attached hydrogens (tertiary/aromatic N) is 6. The minimum Gasteiger partial charge on any atom is -0.512 e. The van der Waals surface area contributed by atoms with Crippen molar-refractivity contribution in [2.24, 2.45) is 5.73 Å². The van der Waals surface area contributed by atoms with E-state index in [4.69, 9.17) is 70.0 Å². The minimum atomic E-state index is 0. The SMILES string of the molecule is CN(CCO)CCCN.[C-]#N.[C-]#N.[C-]#N.[C-]#N.[C-]#N.[Fe+5]. The fraction of sp³-hybridized carbons (Fsp3) is 0.545. The first-order valence-electron chi connectivity index (χ1n) is 4.42. The average molecular weight is 318 g/mol. The molecule has 0 aromatic heterocycles. The summed E-state index contributed by atoms with van der Waals surface area (Å²) in [6.07, 6.45) is 1.01. The van der Waals surface area contributed by atoms with Crippen LogP contribution in [0.5, 0.6) is 0 Å². The fourth-order valence-electron chi connectivity index (χ4n) is 0.644. The van der Waals surface area contributed by atoms with E-state index in [1.807, 2.05) is 7.05 Å². The number of aliphatic hydroxyl groups excluding tert-OH is 1. The van der Waals surface area contributed by atoms with E-state index in [9.17, 15) is 0 Å². The molecule has 9 heteroatoms. The summed E-state index contributed by atoms with van der Waals surface area (Å²) in [6.45, 7) is 26.5. The van der Waals surface area contributed by atoms with E-state index >= 15 is 0 Å². The summed E-state index contributed by atoms with van der Waals surface area (Å²) in [5.41, 5.74) is 5.28. The molecule has 0 amide bonds. The Hall–Kier alpha value is -2.15. The Morgan fingerprint density at radius 3 is 1.35 bits per heavy atom. The van der Waals surface area contributed by atoms with Gasteiger partial charge < -0.3 is 74.9 Å². The maximum atomic E-state index is 8.46. The molecule has 0 atom stereocenters. The summed E-state index contributed by atoms with van der Waals surface area (Å²) < 4.78 is 0. The average Bonchev–Trinajstić information content (AvgIpc) is 2.55. The molecule has 0 heterocycles. The number of likely N-dealkylation sites (N-methyl/N-ethyl adjacent to an activating group) is 1. The normalized spacial score (nSPS) is 5.30. The van der Waals surface area contributed by atoms with Gasteiger partial charge in [-0.25, -0.2) is 0 Å². The molecule has 0 aliphatic heterocycles. The largest absolute Gasteiger partial charge is 5.00 e. The van der Waals surface area contributed by atoms with Gasteiger partial charge in [-0.1, -0.05) is 0 Å². The molecule has 109 valence electrons. The molecule has 3 N–H and O–H groups in total. The van der Waals surface area contributed by atoms with Crippen molar-refractivity contribution >= 4 is 0 Å². The van der Waals surface area contributed by atoms with Crippen molar-refractivity contribution in [3.8, 4) is 0 Å². The summed E-state index contributed by atoms with van der Waals surface area (Å²) in [5, 5.41) is 39.7. The van der Waals surface area contributed by atoms with Gasteiger partial charge in [0.15, 0.2) is 0 Å². The zero-order chi connectivity index (χ0) is 17.1. The van der Waals surface area contributed by atoms with Gasteiger partial charge in [-0.15, -0.1) is 0 Å². The van der Waals surface area contributed by atoms with E-state index in [-0.39, 0.29) is 23.7 Å². The Kier molecular flexibility index (Phi) is 266. The molecule has 0 aliphatic rings. The van der Waals surface area contributed by atoms with Gasteiger partial charge >= 0.3 is 17.1 Å². The standard InChI is InChI=1S/C6H16N2O.5CN.Fe/c1-8(5-6-9)4-2-3-7;5*1-2;/h9H,2-7H2,1H3;;;;;;/q;5*-1;+5. The molecule has 0 saturated carbocycles. The first-order valence-corrected chi connectivity index (χ1v) is 4.42. The molecule has 0 aromatic rings. The molecule has 0 saturated heterocycles. The summed E-state index contributed by atoms with van der Waals surface area (Å²) in [4.78, 5) is 2.06. The Morgan fingerprint density at radius 1 is 0.850 bits per heavy atom. The van der Waals surface area contributed by atoms with E-state index < -0.39 is 0 Å². The van der Waals surface area contributed by atoms with Crippen LogP contribution >= 0.6 is 0 Å². The Balaban J connectivity index is -0.0000000261. The Bertz CT molecular complexity index is 178. The molecule has 0 fully saturated rings. The monoisotopic (exact) mass is 318 g/mol. The zero-order valence-electron chi connectivity index (χ0n) is 11.1. The zero-order valence-corrected chi connectivity index (χ0v) is 12.2. The van der Waals surface area contributed by atoms with Crippen molar-refractivity contribution in [2.45, 2.75) is 6.42 Å². The third-order valence-corrected chi connectivity index (χ3v) is 1.23. The van der Waals surface area contributed by atoms with Crippen LogP contribution in [0.3, 0.4) is 0 Å². The van der Waals surface area contributed by atoms with Crippen LogP contribution in [-0.2, 0) is 17.1 Å². The van der Waals surface area contributed by atoms with Crippen LogP contribution < -0.4 is 5.73 Å². The van der Waals surface area contributed by atoms with Gasteiger partial charge in [0.1, 0.15) is 0 Å². The third-order valence-electron chi connectivity index (χ3n) is 1.23. The van der Waals surface area contributed by atoms with Crippen LogP contribution in [0.2, 0.25) is 0 Å². The van der Waals surface area contributed by atoms with Crippen molar-refractivity contribution in [1.29, 1.82) is 26.3 Å². The van der Waals surface area contributed by atoms with Crippen molar-refractivity contribution < 1.29 is 22.2 Å². The minimum absolute atomic E-state index is 0. The Morgan fingerprint density at radius 2 is 1.15 bits per heavy atom. The Labute approximate surface area is 132 Å². The maximum Gasteiger partial charge on any atom is 5.00 e. The number of nitrogens with two attached hydrogens (primary N) is 1. The quantitative estimate of drug-likeness (QED) is 0.516. The molecule has 20 heavy (non-hydrogen) atoms. The second-order valence-electron chi connectivity index (χ2n) is 2.17. The third kappa shape index (κ3) is 149. The van der Waals surface area contributed by atoms with Crippen molar-refractivity contribution in [2.75, 3.05) is 33.3 Å². The van der Waals surface area contributed by atoms with Gasteiger partial charge in [0, 0.05) is 6.54 Å². The van der Waals surface area contributed by atoms with E-state index in [2.05, 4.69) is 4.90 Å². The number of rotatable bonds is 5. The van der Waals surface area contributed by atoms with Crippen LogP contribution in [0.1, 0.15) is 6.42 Å². The van der Waals surface area contributed by atoms with Crippen LogP contribution in [0, 0.1) is 59.2 Å². The number of hydrogen-bond donors (Lipinski definition) is 2. The molecule has 0 spiro atoms. The number of hydrogen-bond acceptors (Lipinski definition) is 8.